The predicted molar refractivity (Wildman–Crippen MR) is 90.1 cm³/mol. The molecule has 2 rings (SSSR count). The van der Waals surface area contributed by atoms with Gasteiger partial charge in [0.2, 0.25) is 5.91 Å². The molecule has 1 amide bonds. The molecular weight excluding hydrogens is 307 g/mol. The van der Waals surface area contributed by atoms with Gasteiger partial charge in [-0.1, -0.05) is 23.7 Å². The maximum Gasteiger partial charge on any atom is 0.230 e. The van der Waals surface area contributed by atoms with E-state index >= 15 is 0 Å². The molecule has 0 aromatic heterocycles. The van der Waals surface area contributed by atoms with Crippen LogP contribution in [0.1, 0.15) is 44.6 Å². The molecule has 1 saturated heterocycles. The van der Waals surface area contributed by atoms with Gasteiger partial charge < -0.3 is 10.6 Å². The number of amides is 1. The lowest BCUT2D eigenvalue weighted by atomic mass is 9.93. The van der Waals surface area contributed by atoms with Crippen LogP contribution >= 0.6 is 24.0 Å². The molecule has 2 N–H and O–H groups in total. The lowest BCUT2D eigenvalue weighted by molar-refractivity contribution is -0.136. The Balaban J connectivity index is 0.00000220. The molecule has 1 aromatic carbocycles. The topological polar surface area (TPSA) is 46.3 Å². The number of carbonyl (C=O) groups is 1. The highest BCUT2D eigenvalue weighted by Gasteiger charge is 2.32. The molecule has 0 saturated carbocycles. The molecule has 0 aliphatic carbocycles. The standard InChI is InChI=1S/C16H23ClN2O.ClH/c1-11(13-6-5-7-14(17)10-13)16(20)19-9-4-3-8-15(19)12(2)18;/h5-7,10-12,15H,3-4,8-9,18H2,1-2H3;1H. The predicted octanol–water partition coefficient (Wildman–Crippen LogP) is 3.59. The van der Waals surface area contributed by atoms with Crippen molar-refractivity contribution in [1.29, 1.82) is 0 Å². The zero-order valence-electron chi connectivity index (χ0n) is 12.6. The summed E-state index contributed by atoms with van der Waals surface area (Å²) in [5.41, 5.74) is 7.01. The molecule has 118 valence electrons. The van der Waals surface area contributed by atoms with Crippen LogP contribution in [0.3, 0.4) is 0 Å². The van der Waals surface area contributed by atoms with E-state index in [-0.39, 0.29) is 36.3 Å². The zero-order chi connectivity index (χ0) is 14.7. The van der Waals surface area contributed by atoms with Crippen molar-refractivity contribution in [2.24, 2.45) is 5.73 Å². The third-order valence-electron chi connectivity index (χ3n) is 4.16. The molecule has 1 heterocycles. The van der Waals surface area contributed by atoms with Crippen LogP contribution < -0.4 is 5.73 Å². The van der Waals surface area contributed by atoms with E-state index in [4.69, 9.17) is 17.3 Å². The van der Waals surface area contributed by atoms with E-state index in [1.165, 1.54) is 0 Å². The molecular formula is C16H24Cl2N2O. The van der Waals surface area contributed by atoms with E-state index in [0.717, 1.165) is 31.4 Å². The van der Waals surface area contributed by atoms with Crippen molar-refractivity contribution < 1.29 is 4.79 Å². The number of piperidine rings is 1. The molecule has 3 atom stereocenters. The Labute approximate surface area is 138 Å². The molecule has 0 spiro atoms. The lowest BCUT2D eigenvalue weighted by Crippen LogP contribution is -2.52. The molecule has 1 fully saturated rings. The molecule has 1 aromatic rings. The molecule has 3 unspecified atom stereocenters. The Morgan fingerprint density at radius 2 is 2.10 bits per heavy atom. The fraction of sp³-hybridized carbons (Fsp3) is 0.562. The minimum atomic E-state index is -0.173. The van der Waals surface area contributed by atoms with Crippen LogP contribution in [-0.2, 0) is 4.79 Å². The van der Waals surface area contributed by atoms with Crippen molar-refractivity contribution in [2.75, 3.05) is 6.54 Å². The van der Waals surface area contributed by atoms with Gasteiger partial charge in [0.05, 0.1) is 5.92 Å². The number of halogens is 2. The van der Waals surface area contributed by atoms with Crippen molar-refractivity contribution in [3.63, 3.8) is 0 Å². The quantitative estimate of drug-likeness (QED) is 0.920. The van der Waals surface area contributed by atoms with Gasteiger partial charge in [0.25, 0.3) is 0 Å². The van der Waals surface area contributed by atoms with Crippen LogP contribution in [0.4, 0.5) is 0 Å². The van der Waals surface area contributed by atoms with Gasteiger partial charge in [-0.2, -0.15) is 0 Å². The first kappa shape index (κ1) is 18.3. The molecule has 0 radical (unpaired) electrons. The maximum atomic E-state index is 12.8. The van der Waals surface area contributed by atoms with Crippen LogP contribution in [0, 0.1) is 0 Å². The van der Waals surface area contributed by atoms with Gasteiger partial charge in [-0.25, -0.2) is 0 Å². The molecule has 21 heavy (non-hydrogen) atoms. The first-order chi connectivity index (χ1) is 9.50. The number of nitrogens with two attached hydrogens (primary N) is 1. The molecule has 5 heteroatoms. The third kappa shape index (κ3) is 4.35. The number of rotatable bonds is 3. The average molecular weight is 331 g/mol. The lowest BCUT2D eigenvalue weighted by Gasteiger charge is -2.39. The van der Waals surface area contributed by atoms with Crippen molar-refractivity contribution in [1.82, 2.24) is 4.90 Å². The summed E-state index contributed by atoms with van der Waals surface area (Å²) in [5.74, 6) is -0.0117. The van der Waals surface area contributed by atoms with E-state index in [2.05, 4.69) is 0 Å². The van der Waals surface area contributed by atoms with Gasteiger partial charge >= 0.3 is 0 Å². The second kappa shape index (κ2) is 8.02. The Bertz CT molecular complexity index is 479. The van der Waals surface area contributed by atoms with Crippen LogP contribution in [0.25, 0.3) is 0 Å². The highest BCUT2D eigenvalue weighted by atomic mass is 35.5. The van der Waals surface area contributed by atoms with Gasteiger partial charge in [-0.3, -0.25) is 4.79 Å². The SMILES string of the molecule is CC(C(=O)N1CCCCC1C(C)N)c1cccc(Cl)c1.Cl. The zero-order valence-corrected chi connectivity index (χ0v) is 14.2. The summed E-state index contributed by atoms with van der Waals surface area (Å²) in [4.78, 5) is 14.7. The van der Waals surface area contributed by atoms with E-state index < -0.39 is 0 Å². The maximum absolute atomic E-state index is 12.8. The normalized spacial score (nSPS) is 21.3. The van der Waals surface area contributed by atoms with Gasteiger partial charge in [0, 0.05) is 23.7 Å². The van der Waals surface area contributed by atoms with Crippen molar-refractivity contribution >= 4 is 29.9 Å². The van der Waals surface area contributed by atoms with Crippen LogP contribution in [0.2, 0.25) is 5.02 Å². The van der Waals surface area contributed by atoms with Gasteiger partial charge in [0.1, 0.15) is 0 Å². The Morgan fingerprint density at radius 3 is 2.71 bits per heavy atom. The number of likely N-dealkylation sites (tertiary alicyclic amines) is 1. The number of hydrogen-bond acceptors (Lipinski definition) is 2. The molecule has 3 nitrogen and oxygen atoms in total. The van der Waals surface area contributed by atoms with E-state index in [0.29, 0.717) is 5.02 Å². The Kier molecular flexibility index (Phi) is 6.98. The molecule has 1 aliphatic rings. The second-order valence-corrected chi connectivity index (χ2v) is 6.17. The minimum Gasteiger partial charge on any atom is -0.338 e. The number of hydrogen-bond donors (Lipinski definition) is 1. The van der Waals surface area contributed by atoms with Gasteiger partial charge in [-0.15, -0.1) is 12.4 Å². The minimum absolute atomic E-state index is 0. The summed E-state index contributed by atoms with van der Waals surface area (Å²) in [7, 11) is 0. The van der Waals surface area contributed by atoms with Crippen LogP contribution in [0.15, 0.2) is 24.3 Å². The summed E-state index contributed by atoms with van der Waals surface area (Å²) in [5, 5.41) is 0.671. The monoisotopic (exact) mass is 330 g/mol. The number of nitrogens with zero attached hydrogens (tertiary/aromatic N) is 1. The summed E-state index contributed by atoms with van der Waals surface area (Å²) in [6.07, 6.45) is 3.23. The summed E-state index contributed by atoms with van der Waals surface area (Å²) >= 11 is 6.01. The van der Waals surface area contributed by atoms with Crippen molar-refractivity contribution in [3.8, 4) is 0 Å². The van der Waals surface area contributed by atoms with Crippen molar-refractivity contribution in [2.45, 2.75) is 51.1 Å². The molecule has 1 aliphatic heterocycles. The number of carbonyl (C=O) groups excluding carboxylic acids is 1. The second-order valence-electron chi connectivity index (χ2n) is 5.73. The first-order valence-corrected chi connectivity index (χ1v) is 7.70. The third-order valence-corrected chi connectivity index (χ3v) is 4.39. The highest BCUT2D eigenvalue weighted by Crippen LogP contribution is 2.26. The Hall–Kier alpha value is -0.770. The summed E-state index contributed by atoms with van der Waals surface area (Å²) in [6, 6.07) is 7.73. The van der Waals surface area contributed by atoms with E-state index in [1.54, 1.807) is 0 Å². The molecule has 0 bridgehead atoms. The van der Waals surface area contributed by atoms with E-state index in [1.807, 2.05) is 43.0 Å². The van der Waals surface area contributed by atoms with Gasteiger partial charge in [0.15, 0.2) is 0 Å². The van der Waals surface area contributed by atoms with Crippen LogP contribution in [-0.4, -0.2) is 29.4 Å². The fourth-order valence-corrected chi connectivity index (χ4v) is 3.14. The first-order valence-electron chi connectivity index (χ1n) is 7.32. The summed E-state index contributed by atoms with van der Waals surface area (Å²) in [6.45, 7) is 4.75. The van der Waals surface area contributed by atoms with Crippen molar-refractivity contribution in [3.05, 3.63) is 34.9 Å². The van der Waals surface area contributed by atoms with E-state index in [9.17, 15) is 4.79 Å². The number of benzene rings is 1. The average Bonchev–Trinajstić information content (AvgIpc) is 2.45. The van der Waals surface area contributed by atoms with Crippen LogP contribution in [0.5, 0.6) is 0 Å². The Morgan fingerprint density at radius 1 is 1.38 bits per heavy atom. The van der Waals surface area contributed by atoms with Gasteiger partial charge in [-0.05, 0) is 50.8 Å². The fourth-order valence-electron chi connectivity index (χ4n) is 2.94. The largest absolute Gasteiger partial charge is 0.338 e. The summed E-state index contributed by atoms with van der Waals surface area (Å²) < 4.78 is 0. The highest BCUT2D eigenvalue weighted by molar-refractivity contribution is 6.30. The smallest absolute Gasteiger partial charge is 0.230 e.